The molecule has 1 atom stereocenters. The zero-order valence-electron chi connectivity index (χ0n) is 20.8. The molecule has 0 saturated carbocycles. The Morgan fingerprint density at radius 3 is 2.42 bits per heavy atom. The normalized spacial score (nSPS) is 13.0. The number of rotatable bonds is 7. The van der Waals surface area contributed by atoms with Crippen LogP contribution >= 0.6 is 23.2 Å². The molecule has 1 aromatic heterocycles. The lowest BCUT2D eigenvalue weighted by Crippen LogP contribution is -2.31. The Morgan fingerprint density at radius 1 is 1.11 bits per heavy atom. The van der Waals surface area contributed by atoms with E-state index in [9.17, 15) is 13.0 Å². The number of halogens is 4. The first kappa shape index (κ1) is 27.8. The molecule has 0 saturated heterocycles. The van der Waals surface area contributed by atoms with Crippen molar-refractivity contribution in [2.45, 2.75) is 24.7 Å². The van der Waals surface area contributed by atoms with Crippen LogP contribution in [-0.4, -0.2) is 20.0 Å². The summed E-state index contributed by atoms with van der Waals surface area (Å²) >= 11 is 12.5. The molecule has 0 bridgehead atoms. The molecule has 0 fully saturated rings. The Bertz CT molecular complexity index is 1570. The van der Waals surface area contributed by atoms with Gasteiger partial charge in [0.1, 0.15) is 11.5 Å². The molecule has 0 amide bonds. The molecule has 1 unspecified atom stereocenters. The van der Waals surface area contributed by atoms with Crippen molar-refractivity contribution in [3.63, 3.8) is 0 Å². The maximum Gasteiger partial charge on any atom is 0.288 e. The van der Waals surface area contributed by atoms with Gasteiger partial charge in [0, 0.05) is 51.9 Å². The van der Waals surface area contributed by atoms with E-state index in [1.54, 1.807) is 54.1 Å². The van der Waals surface area contributed by atoms with E-state index in [1.165, 1.54) is 17.4 Å². The highest BCUT2D eigenvalue weighted by atomic mass is 35.5. The molecular formula is C27H25Cl2F2N5OS. The first-order chi connectivity index (χ1) is 17.9. The number of aryl methyl sites for hydroxylation is 1. The van der Waals surface area contributed by atoms with Crippen LogP contribution in [0.25, 0.3) is 22.5 Å². The van der Waals surface area contributed by atoms with Crippen LogP contribution in [0, 0.1) is 6.92 Å². The summed E-state index contributed by atoms with van der Waals surface area (Å²) in [4.78, 5) is 4.72. The summed E-state index contributed by atoms with van der Waals surface area (Å²) in [5.41, 5.74) is 8.97. The lowest BCUT2D eigenvalue weighted by atomic mass is 10.0. The van der Waals surface area contributed by atoms with Gasteiger partial charge in [-0.25, -0.2) is 10.8 Å². The minimum atomic E-state index is -3.13. The van der Waals surface area contributed by atoms with Gasteiger partial charge in [-0.3, -0.25) is 9.22 Å². The number of hydrazine groups is 1. The predicted molar refractivity (Wildman–Crippen MR) is 151 cm³/mol. The largest absolute Gasteiger partial charge is 0.403 e. The van der Waals surface area contributed by atoms with E-state index >= 15 is 0 Å². The second-order valence-corrected chi connectivity index (χ2v) is 10.9. The summed E-state index contributed by atoms with van der Waals surface area (Å²) in [6, 6.07) is 17.6. The highest BCUT2D eigenvalue weighted by molar-refractivity contribution is 7.84. The molecule has 0 aliphatic heterocycles. The topological polar surface area (TPSA) is 90.2 Å². The highest BCUT2D eigenvalue weighted by Gasteiger charge is 2.29. The number of nitrogens with zero attached hydrogens (tertiary/aromatic N) is 3. The van der Waals surface area contributed by atoms with Crippen LogP contribution < -0.4 is 16.6 Å². The molecule has 0 radical (unpaired) electrons. The van der Waals surface area contributed by atoms with Crippen molar-refractivity contribution >= 4 is 45.4 Å². The number of nitrogens with two attached hydrogens (primary N) is 2. The summed E-state index contributed by atoms with van der Waals surface area (Å²) in [5.74, 6) is 3.87. The van der Waals surface area contributed by atoms with Crippen LogP contribution in [0.4, 0.5) is 14.5 Å². The van der Waals surface area contributed by atoms with Crippen molar-refractivity contribution in [3.8, 4) is 16.8 Å². The molecular weight excluding hydrogens is 551 g/mol. The van der Waals surface area contributed by atoms with Crippen molar-refractivity contribution in [2.24, 2.45) is 11.6 Å². The van der Waals surface area contributed by atoms with Crippen molar-refractivity contribution in [3.05, 3.63) is 100 Å². The number of alkyl halides is 2. The van der Waals surface area contributed by atoms with E-state index in [0.29, 0.717) is 43.4 Å². The van der Waals surface area contributed by atoms with Gasteiger partial charge in [0.05, 0.1) is 22.1 Å². The van der Waals surface area contributed by atoms with E-state index in [0.717, 1.165) is 18.1 Å². The summed E-state index contributed by atoms with van der Waals surface area (Å²) in [6.07, 6.45) is 4.19. The van der Waals surface area contributed by atoms with Gasteiger partial charge in [0.25, 0.3) is 5.92 Å². The van der Waals surface area contributed by atoms with Crippen LogP contribution in [0.5, 0.6) is 0 Å². The minimum absolute atomic E-state index is 0.326. The van der Waals surface area contributed by atoms with Gasteiger partial charge < -0.3 is 10.3 Å². The van der Waals surface area contributed by atoms with E-state index in [1.807, 2.05) is 24.3 Å². The third-order valence-corrected chi connectivity index (χ3v) is 7.42. The summed E-state index contributed by atoms with van der Waals surface area (Å²) in [5, 5.41) is 2.10. The van der Waals surface area contributed by atoms with E-state index in [-0.39, 0.29) is 5.69 Å². The smallest absolute Gasteiger partial charge is 0.288 e. The lowest BCUT2D eigenvalue weighted by Gasteiger charge is -2.26. The fraction of sp³-hybridized carbons (Fsp3) is 0.148. The van der Waals surface area contributed by atoms with Crippen LogP contribution in [0.2, 0.25) is 10.0 Å². The molecule has 3 aromatic carbocycles. The monoisotopic (exact) mass is 575 g/mol. The Kier molecular flexibility index (Phi) is 7.94. The molecule has 1 heterocycles. The van der Waals surface area contributed by atoms with Crippen molar-refractivity contribution in [1.29, 1.82) is 0 Å². The molecule has 0 aliphatic rings. The fourth-order valence-electron chi connectivity index (χ4n) is 4.01. The SMILES string of the molecule is Cc1nc(C(C)(F)F)cn1-c1ccc(-c2cccc(S(C)=O)c2)cc1N(N)/C(=C\N)c1ccc(Cl)cc1Cl. The quantitative estimate of drug-likeness (QED) is 0.190. The van der Waals surface area contributed by atoms with Gasteiger partial charge in [-0.15, -0.1) is 0 Å². The lowest BCUT2D eigenvalue weighted by molar-refractivity contribution is 0.0130. The molecule has 4 rings (SSSR count). The number of imidazole rings is 1. The minimum Gasteiger partial charge on any atom is -0.403 e. The van der Waals surface area contributed by atoms with Crippen LogP contribution in [0.1, 0.15) is 24.0 Å². The van der Waals surface area contributed by atoms with E-state index in [4.69, 9.17) is 34.8 Å². The average molecular weight is 577 g/mol. The van der Waals surface area contributed by atoms with Gasteiger partial charge in [-0.1, -0.05) is 41.4 Å². The fourth-order valence-corrected chi connectivity index (χ4v) is 5.08. The molecule has 0 aliphatic carbocycles. The van der Waals surface area contributed by atoms with Crippen molar-refractivity contribution in [1.82, 2.24) is 9.55 Å². The third kappa shape index (κ3) is 5.61. The first-order valence-corrected chi connectivity index (χ1v) is 13.7. The molecule has 11 heteroatoms. The zero-order valence-corrected chi connectivity index (χ0v) is 23.1. The summed E-state index contributed by atoms with van der Waals surface area (Å²) in [7, 11) is -1.18. The van der Waals surface area contributed by atoms with Crippen LogP contribution in [0.15, 0.2) is 78.0 Å². The second-order valence-electron chi connectivity index (χ2n) is 8.66. The number of anilines is 1. The molecule has 4 N–H and O–H groups in total. The maximum atomic E-state index is 14.1. The van der Waals surface area contributed by atoms with Gasteiger partial charge in [-0.2, -0.15) is 8.78 Å². The van der Waals surface area contributed by atoms with E-state index < -0.39 is 16.7 Å². The number of hydrogen-bond acceptors (Lipinski definition) is 5. The zero-order chi connectivity index (χ0) is 27.8. The second kappa shape index (κ2) is 10.9. The number of benzene rings is 3. The van der Waals surface area contributed by atoms with Gasteiger partial charge in [0.2, 0.25) is 0 Å². The maximum absolute atomic E-state index is 14.1. The van der Waals surface area contributed by atoms with Crippen LogP contribution in [0.3, 0.4) is 0 Å². The van der Waals surface area contributed by atoms with Gasteiger partial charge in [-0.05, 0) is 60.5 Å². The van der Waals surface area contributed by atoms with Gasteiger partial charge in [0.15, 0.2) is 0 Å². The van der Waals surface area contributed by atoms with Crippen LogP contribution in [-0.2, 0) is 16.7 Å². The molecule has 38 heavy (non-hydrogen) atoms. The Hall–Kier alpha value is -3.24. The molecule has 198 valence electrons. The summed E-state index contributed by atoms with van der Waals surface area (Å²) in [6.45, 7) is 2.42. The van der Waals surface area contributed by atoms with Gasteiger partial charge >= 0.3 is 0 Å². The predicted octanol–water partition coefficient (Wildman–Crippen LogP) is 6.64. The molecule has 0 spiro atoms. The van der Waals surface area contributed by atoms with Crippen molar-refractivity contribution < 1.29 is 13.0 Å². The third-order valence-electron chi connectivity index (χ3n) is 5.95. The average Bonchev–Trinajstić information content (AvgIpc) is 3.27. The summed E-state index contributed by atoms with van der Waals surface area (Å²) < 4.78 is 41.8. The highest BCUT2D eigenvalue weighted by Crippen LogP contribution is 2.37. The number of hydrogen-bond donors (Lipinski definition) is 2. The standard InChI is InChI=1S/C27H25Cl2F2N5OS/c1-16-34-26(27(2,30)31)15-35(16)23-10-7-18(17-5-4-6-20(11-17)38(3)37)12-24(23)36(33)25(14-32)21-9-8-19(28)13-22(21)29/h4-15H,32-33H2,1-3H3/b25-14-. The first-order valence-electron chi connectivity index (χ1n) is 11.4. The Morgan fingerprint density at radius 2 is 1.82 bits per heavy atom. The molecule has 6 nitrogen and oxygen atoms in total. The Balaban J connectivity index is 1.93. The number of aromatic nitrogens is 2. The van der Waals surface area contributed by atoms with Crippen molar-refractivity contribution in [2.75, 3.05) is 11.3 Å². The van der Waals surface area contributed by atoms with E-state index in [2.05, 4.69) is 4.98 Å². The Labute approximate surface area is 231 Å². The molecule has 4 aromatic rings.